The minimum Gasteiger partial charge on any atom is -0.454 e. The summed E-state index contributed by atoms with van der Waals surface area (Å²) in [6.07, 6.45) is 0. The molecule has 0 unspecified atom stereocenters. The van der Waals surface area contributed by atoms with Crippen molar-refractivity contribution in [3.05, 3.63) is 29.3 Å². The number of nitrogen functional groups attached to an aromatic ring is 1. The molecule has 0 spiro atoms. The lowest BCUT2D eigenvalue weighted by atomic mass is 10.1. The highest BCUT2D eigenvalue weighted by Gasteiger charge is 2.17. The number of nitrogens with one attached hydrogen (secondary N) is 1. The Morgan fingerprint density at radius 2 is 2.11 bits per heavy atom. The van der Waals surface area contributed by atoms with Gasteiger partial charge in [0.1, 0.15) is 11.9 Å². The van der Waals surface area contributed by atoms with Crippen molar-refractivity contribution in [2.75, 3.05) is 12.5 Å². The summed E-state index contributed by atoms with van der Waals surface area (Å²) in [6.45, 7) is 2.11. The first-order valence-corrected chi connectivity index (χ1v) is 5.49. The molecule has 0 radical (unpaired) electrons. The fourth-order valence-corrected chi connectivity index (χ4v) is 2.10. The van der Waals surface area contributed by atoms with Crippen molar-refractivity contribution < 1.29 is 9.47 Å². The van der Waals surface area contributed by atoms with E-state index in [0.717, 1.165) is 22.6 Å². The molecule has 5 heteroatoms. The Morgan fingerprint density at radius 1 is 1.33 bits per heavy atom. The largest absolute Gasteiger partial charge is 0.454 e. The molecule has 2 aromatic rings. The molecule has 5 nitrogen and oxygen atoms in total. The zero-order chi connectivity index (χ0) is 12.7. The van der Waals surface area contributed by atoms with Gasteiger partial charge in [0, 0.05) is 5.56 Å². The number of H-pyrrole nitrogens is 1. The van der Waals surface area contributed by atoms with Crippen LogP contribution in [-0.2, 0) is 0 Å². The van der Waals surface area contributed by atoms with Crippen LogP contribution in [0.5, 0.6) is 11.5 Å². The van der Waals surface area contributed by atoms with E-state index in [1.54, 1.807) is 0 Å². The minimum absolute atomic E-state index is 0.244. The van der Waals surface area contributed by atoms with Gasteiger partial charge in [0.05, 0.1) is 11.3 Å². The van der Waals surface area contributed by atoms with Crippen molar-refractivity contribution in [3.8, 4) is 28.8 Å². The number of aromatic amines is 1. The number of nitrogens with zero attached hydrogens (tertiary/aromatic N) is 1. The summed E-state index contributed by atoms with van der Waals surface area (Å²) in [5.74, 6) is 1.83. The van der Waals surface area contributed by atoms with E-state index >= 15 is 0 Å². The van der Waals surface area contributed by atoms with Crippen molar-refractivity contribution in [3.63, 3.8) is 0 Å². The topological polar surface area (TPSA) is 84.1 Å². The van der Waals surface area contributed by atoms with Gasteiger partial charge < -0.3 is 20.2 Å². The number of anilines is 1. The van der Waals surface area contributed by atoms with Crippen molar-refractivity contribution >= 4 is 5.82 Å². The quantitative estimate of drug-likeness (QED) is 0.801. The van der Waals surface area contributed by atoms with Crippen LogP contribution in [0.25, 0.3) is 11.3 Å². The predicted octanol–water partition coefficient (Wildman–Crippen LogP) is 2.17. The molecule has 1 aromatic heterocycles. The molecule has 0 fully saturated rings. The Labute approximate surface area is 104 Å². The highest BCUT2D eigenvalue weighted by atomic mass is 16.7. The Morgan fingerprint density at radius 3 is 2.83 bits per heavy atom. The van der Waals surface area contributed by atoms with Gasteiger partial charge in [-0.2, -0.15) is 5.26 Å². The first kappa shape index (κ1) is 10.5. The molecule has 18 heavy (non-hydrogen) atoms. The van der Waals surface area contributed by atoms with Gasteiger partial charge in [-0.25, -0.2) is 0 Å². The molecule has 2 heterocycles. The van der Waals surface area contributed by atoms with Gasteiger partial charge in [-0.15, -0.1) is 0 Å². The maximum atomic E-state index is 9.02. The standard InChI is InChI=1S/C13H11N3O2/c1-7-9(5-14)13(15)16-12(7)8-2-3-10-11(4-8)18-6-17-10/h2-4,16H,6,15H2,1H3. The van der Waals surface area contributed by atoms with E-state index in [1.165, 1.54) is 0 Å². The van der Waals surface area contributed by atoms with Gasteiger partial charge in [-0.3, -0.25) is 0 Å². The van der Waals surface area contributed by atoms with Crippen LogP contribution in [0.15, 0.2) is 18.2 Å². The van der Waals surface area contributed by atoms with Crippen LogP contribution in [-0.4, -0.2) is 11.8 Å². The van der Waals surface area contributed by atoms with Gasteiger partial charge >= 0.3 is 0 Å². The number of benzene rings is 1. The molecule has 3 N–H and O–H groups in total. The number of ether oxygens (including phenoxy) is 2. The molecule has 0 bridgehead atoms. The summed E-state index contributed by atoms with van der Waals surface area (Å²) in [5, 5.41) is 9.02. The minimum atomic E-state index is 0.244. The summed E-state index contributed by atoms with van der Waals surface area (Å²) in [6, 6.07) is 7.73. The Balaban J connectivity index is 2.14. The first-order chi connectivity index (χ1) is 8.70. The first-order valence-electron chi connectivity index (χ1n) is 5.49. The number of rotatable bonds is 1. The van der Waals surface area contributed by atoms with Crippen LogP contribution in [0, 0.1) is 18.3 Å². The molecule has 0 aliphatic carbocycles. The highest BCUT2D eigenvalue weighted by Crippen LogP contribution is 2.37. The summed E-state index contributed by atoms with van der Waals surface area (Å²) < 4.78 is 10.6. The molecular weight excluding hydrogens is 230 g/mol. The number of hydrogen-bond donors (Lipinski definition) is 2. The van der Waals surface area contributed by atoms with Crippen LogP contribution in [0.2, 0.25) is 0 Å². The van der Waals surface area contributed by atoms with E-state index in [1.807, 2.05) is 25.1 Å². The second kappa shape index (κ2) is 3.70. The lowest BCUT2D eigenvalue weighted by Crippen LogP contribution is -1.92. The van der Waals surface area contributed by atoms with E-state index in [2.05, 4.69) is 11.1 Å². The summed E-state index contributed by atoms with van der Waals surface area (Å²) >= 11 is 0. The monoisotopic (exact) mass is 241 g/mol. The zero-order valence-corrected chi connectivity index (χ0v) is 9.78. The summed E-state index contributed by atoms with van der Waals surface area (Å²) in [7, 11) is 0. The van der Waals surface area contributed by atoms with Gasteiger partial charge in [0.25, 0.3) is 0 Å². The molecule has 0 amide bonds. The number of nitriles is 1. The normalized spacial score (nSPS) is 12.4. The number of nitrogens with two attached hydrogens (primary N) is 1. The van der Waals surface area contributed by atoms with E-state index in [-0.39, 0.29) is 6.79 Å². The third-order valence-corrected chi connectivity index (χ3v) is 3.05. The number of aromatic nitrogens is 1. The smallest absolute Gasteiger partial charge is 0.231 e. The average molecular weight is 241 g/mol. The average Bonchev–Trinajstić information content (AvgIpc) is 2.93. The van der Waals surface area contributed by atoms with E-state index in [9.17, 15) is 0 Å². The predicted molar refractivity (Wildman–Crippen MR) is 66.2 cm³/mol. The molecule has 1 aromatic carbocycles. The van der Waals surface area contributed by atoms with Gasteiger partial charge in [-0.1, -0.05) is 0 Å². The number of hydrogen-bond acceptors (Lipinski definition) is 4. The lowest BCUT2D eigenvalue weighted by Gasteiger charge is -2.02. The van der Waals surface area contributed by atoms with Gasteiger partial charge in [0.15, 0.2) is 11.5 Å². The van der Waals surface area contributed by atoms with Gasteiger partial charge in [-0.05, 0) is 30.7 Å². The second-order valence-electron chi connectivity index (χ2n) is 4.09. The highest BCUT2D eigenvalue weighted by molar-refractivity contribution is 5.74. The Hall–Kier alpha value is -2.61. The molecule has 0 atom stereocenters. The lowest BCUT2D eigenvalue weighted by molar-refractivity contribution is 0.174. The number of fused-ring (bicyclic) bond motifs is 1. The van der Waals surface area contributed by atoms with Crippen molar-refractivity contribution in [2.45, 2.75) is 6.92 Å². The fourth-order valence-electron chi connectivity index (χ4n) is 2.10. The van der Waals surface area contributed by atoms with E-state index < -0.39 is 0 Å². The molecule has 90 valence electrons. The summed E-state index contributed by atoms with van der Waals surface area (Å²) in [4.78, 5) is 3.03. The van der Waals surface area contributed by atoms with Crippen molar-refractivity contribution in [1.82, 2.24) is 4.98 Å². The second-order valence-corrected chi connectivity index (χ2v) is 4.09. The maximum Gasteiger partial charge on any atom is 0.231 e. The van der Waals surface area contributed by atoms with Crippen LogP contribution in [0.1, 0.15) is 11.1 Å². The SMILES string of the molecule is Cc1c(-c2ccc3c(c2)OCO3)[nH]c(N)c1C#N. The van der Waals surface area contributed by atoms with Crippen LogP contribution in [0.3, 0.4) is 0 Å². The third kappa shape index (κ3) is 1.39. The molecule has 1 aliphatic rings. The molecule has 3 rings (SSSR count). The summed E-state index contributed by atoms with van der Waals surface area (Å²) in [5.41, 5.74) is 8.86. The molecular formula is C13H11N3O2. The zero-order valence-electron chi connectivity index (χ0n) is 9.78. The fraction of sp³-hybridized carbons (Fsp3) is 0.154. The van der Waals surface area contributed by atoms with Crippen molar-refractivity contribution in [2.24, 2.45) is 0 Å². The van der Waals surface area contributed by atoms with Gasteiger partial charge in [0.2, 0.25) is 6.79 Å². The molecule has 0 saturated carbocycles. The third-order valence-electron chi connectivity index (χ3n) is 3.05. The maximum absolute atomic E-state index is 9.02. The Kier molecular flexibility index (Phi) is 2.17. The van der Waals surface area contributed by atoms with E-state index in [0.29, 0.717) is 17.1 Å². The van der Waals surface area contributed by atoms with Crippen LogP contribution >= 0.6 is 0 Å². The molecule has 0 saturated heterocycles. The molecule has 1 aliphatic heterocycles. The Bertz CT molecular complexity index is 668. The van der Waals surface area contributed by atoms with Crippen molar-refractivity contribution in [1.29, 1.82) is 5.26 Å². The van der Waals surface area contributed by atoms with Crippen LogP contribution < -0.4 is 15.2 Å². The van der Waals surface area contributed by atoms with Crippen LogP contribution in [0.4, 0.5) is 5.82 Å². The van der Waals surface area contributed by atoms with E-state index in [4.69, 9.17) is 20.5 Å².